The minimum atomic E-state index is -0.527. The number of esters is 2. The average Bonchev–Trinajstić information content (AvgIpc) is 3.14. The zero-order valence-corrected chi connectivity index (χ0v) is 35.4. The molecule has 0 saturated heterocycles. The molecule has 0 heterocycles. The molecule has 0 saturated carbocycles. The van der Waals surface area contributed by atoms with Crippen LogP contribution in [0, 0.1) is 0 Å². The first-order valence-corrected chi connectivity index (χ1v) is 23.2. The van der Waals surface area contributed by atoms with Crippen LogP contribution in [0.1, 0.15) is 252 Å². The van der Waals surface area contributed by atoms with Crippen LogP contribution >= 0.6 is 0 Å². The van der Waals surface area contributed by atoms with Gasteiger partial charge in [-0.1, -0.05) is 206 Å². The van der Waals surface area contributed by atoms with E-state index in [0.29, 0.717) is 26.1 Å². The largest absolute Gasteiger partial charge is 0.462 e. The van der Waals surface area contributed by atoms with Gasteiger partial charge in [0.1, 0.15) is 6.61 Å². The number of ether oxygens (including phenoxy) is 3. The summed E-state index contributed by atoms with van der Waals surface area (Å²) in [5.74, 6) is -0.393. The molecule has 0 aromatic carbocycles. The molecule has 0 aromatic rings. The van der Waals surface area contributed by atoms with Gasteiger partial charge in [0, 0.05) is 19.4 Å². The van der Waals surface area contributed by atoms with E-state index < -0.39 is 6.10 Å². The predicted molar refractivity (Wildman–Crippen MR) is 224 cm³/mol. The Kier molecular flexibility index (Phi) is 42.9. The third kappa shape index (κ3) is 41.4. The third-order valence-electron chi connectivity index (χ3n) is 10.3. The minimum absolute atomic E-state index is 0.0893. The summed E-state index contributed by atoms with van der Waals surface area (Å²) in [7, 11) is 0. The Labute approximate surface area is 325 Å². The van der Waals surface area contributed by atoms with Crippen LogP contribution < -0.4 is 0 Å². The Morgan fingerprint density at radius 3 is 1.19 bits per heavy atom. The van der Waals surface area contributed by atoms with Crippen molar-refractivity contribution in [3.05, 3.63) is 12.2 Å². The van der Waals surface area contributed by atoms with Gasteiger partial charge in [-0.15, -0.1) is 0 Å². The van der Waals surface area contributed by atoms with Crippen molar-refractivity contribution in [3.63, 3.8) is 0 Å². The lowest BCUT2D eigenvalue weighted by molar-refractivity contribution is -0.163. The number of allylic oxidation sites excluding steroid dienone is 2. The van der Waals surface area contributed by atoms with Crippen LogP contribution in [0.25, 0.3) is 0 Å². The van der Waals surface area contributed by atoms with Crippen LogP contribution in [-0.4, -0.2) is 37.9 Å². The molecule has 0 aliphatic carbocycles. The molecule has 0 bridgehead atoms. The fourth-order valence-corrected chi connectivity index (χ4v) is 6.80. The van der Waals surface area contributed by atoms with E-state index in [2.05, 4.69) is 32.9 Å². The van der Waals surface area contributed by atoms with Gasteiger partial charge in [0.2, 0.25) is 0 Å². The molecule has 0 aromatic heterocycles. The quantitative estimate of drug-likeness (QED) is 0.0355. The number of hydrogen-bond donors (Lipinski definition) is 0. The van der Waals surface area contributed by atoms with Crippen molar-refractivity contribution in [2.45, 2.75) is 258 Å². The summed E-state index contributed by atoms with van der Waals surface area (Å²) in [6.45, 7) is 7.84. The molecule has 5 nitrogen and oxygen atoms in total. The lowest BCUT2D eigenvalue weighted by Crippen LogP contribution is -2.30. The van der Waals surface area contributed by atoms with Crippen LogP contribution in [0.2, 0.25) is 0 Å². The standard InChI is InChI=1S/C47H90O5/c1-4-7-10-13-16-19-22-24-26-28-31-34-37-40-46(48)51-44-45(43-50-42-39-36-33-30-27-23-20-17-14-11-8-5-2)52-47(49)41-38-35-32-29-25-21-18-15-12-9-6-3/h19,22,45H,4-18,20-21,23-44H2,1-3H3/b22-19-. The smallest absolute Gasteiger partial charge is 0.306 e. The maximum Gasteiger partial charge on any atom is 0.306 e. The second-order valence-electron chi connectivity index (χ2n) is 15.7. The second kappa shape index (κ2) is 44.0. The summed E-state index contributed by atoms with van der Waals surface area (Å²) in [4.78, 5) is 25.2. The maximum atomic E-state index is 12.7. The van der Waals surface area contributed by atoms with Crippen molar-refractivity contribution in [3.8, 4) is 0 Å². The summed E-state index contributed by atoms with van der Waals surface area (Å²) >= 11 is 0. The van der Waals surface area contributed by atoms with E-state index in [9.17, 15) is 9.59 Å². The summed E-state index contributed by atoms with van der Waals surface area (Å²) in [5, 5.41) is 0. The Hall–Kier alpha value is -1.36. The van der Waals surface area contributed by atoms with E-state index in [-0.39, 0.29) is 18.5 Å². The van der Waals surface area contributed by atoms with Crippen molar-refractivity contribution < 1.29 is 23.8 Å². The molecule has 0 rings (SSSR count). The first-order chi connectivity index (χ1) is 25.6. The van der Waals surface area contributed by atoms with Crippen LogP contribution in [0.4, 0.5) is 0 Å². The van der Waals surface area contributed by atoms with Gasteiger partial charge in [-0.2, -0.15) is 0 Å². The van der Waals surface area contributed by atoms with E-state index in [4.69, 9.17) is 14.2 Å². The number of unbranched alkanes of at least 4 members (excludes halogenated alkanes) is 30. The number of carbonyl (C=O) groups excluding carboxylic acids is 2. The third-order valence-corrected chi connectivity index (χ3v) is 10.3. The van der Waals surface area contributed by atoms with Crippen molar-refractivity contribution in [2.24, 2.45) is 0 Å². The lowest BCUT2D eigenvalue weighted by atomic mass is 10.1. The van der Waals surface area contributed by atoms with Gasteiger partial charge in [0.05, 0.1) is 6.61 Å². The summed E-state index contributed by atoms with van der Waals surface area (Å²) in [6, 6.07) is 0. The van der Waals surface area contributed by atoms with Gasteiger partial charge in [0.15, 0.2) is 6.10 Å². The van der Waals surface area contributed by atoms with E-state index in [0.717, 1.165) is 44.9 Å². The Balaban J connectivity index is 4.22. The molecule has 52 heavy (non-hydrogen) atoms. The lowest BCUT2D eigenvalue weighted by Gasteiger charge is -2.18. The topological polar surface area (TPSA) is 61.8 Å². The second-order valence-corrected chi connectivity index (χ2v) is 15.7. The van der Waals surface area contributed by atoms with Gasteiger partial charge < -0.3 is 14.2 Å². The van der Waals surface area contributed by atoms with E-state index >= 15 is 0 Å². The highest BCUT2D eigenvalue weighted by atomic mass is 16.6. The Morgan fingerprint density at radius 1 is 0.404 bits per heavy atom. The maximum absolute atomic E-state index is 12.7. The van der Waals surface area contributed by atoms with Crippen LogP contribution in [-0.2, 0) is 23.8 Å². The van der Waals surface area contributed by atoms with Crippen LogP contribution in [0.15, 0.2) is 12.2 Å². The van der Waals surface area contributed by atoms with Crippen LogP contribution in [0.3, 0.4) is 0 Å². The zero-order valence-electron chi connectivity index (χ0n) is 35.4. The van der Waals surface area contributed by atoms with Crippen molar-refractivity contribution in [2.75, 3.05) is 19.8 Å². The highest BCUT2D eigenvalue weighted by Crippen LogP contribution is 2.15. The van der Waals surface area contributed by atoms with Gasteiger partial charge in [-0.05, 0) is 44.9 Å². The minimum Gasteiger partial charge on any atom is -0.462 e. The molecule has 0 spiro atoms. The predicted octanol–water partition coefficient (Wildman–Crippen LogP) is 15.1. The summed E-state index contributed by atoms with van der Waals surface area (Å²) < 4.78 is 17.3. The fourth-order valence-electron chi connectivity index (χ4n) is 6.80. The number of rotatable bonds is 43. The van der Waals surface area contributed by atoms with Crippen molar-refractivity contribution in [1.82, 2.24) is 0 Å². The molecule has 0 N–H and O–H groups in total. The molecular formula is C47H90O5. The first-order valence-electron chi connectivity index (χ1n) is 23.2. The van der Waals surface area contributed by atoms with Crippen molar-refractivity contribution in [1.29, 1.82) is 0 Å². The molecule has 1 atom stereocenters. The molecule has 308 valence electrons. The summed E-state index contributed by atoms with van der Waals surface area (Å²) in [6.07, 6.45) is 47.7. The molecule has 1 unspecified atom stereocenters. The highest BCUT2D eigenvalue weighted by molar-refractivity contribution is 5.70. The van der Waals surface area contributed by atoms with Crippen LogP contribution in [0.5, 0.6) is 0 Å². The molecule has 5 heteroatoms. The zero-order chi connectivity index (χ0) is 37.8. The normalized spacial score (nSPS) is 12.1. The monoisotopic (exact) mass is 735 g/mol. The van der Waals surface area contributed by atoms with Crippen molar-refractivity contribution >= 4 is 11.9 Å². The van der Waals surface area contributed by atoms with Gasteiger partial charge in [0.25, 0.3) is 0 Å². The molecule has 0 amide bonds. The van der Waals surface area contributed by atoms with E-state index in [1.807, 2.05) is 0 Å². The molecule has 0 radical (unpaired) electrons. The molecular weight excluding hydrogens is 645 g/mol. The van der Waals surface area contributed by atoms with E-state index in [1.54, 1.807) is 0 Å². The average molecular weight is 735 g/mol. The van der Waals surface area contributed by atoms with E-state index in [1.165, 1.54) is 173 Å². The highest BCUT2D eigenvalue weighted by Gasteiger charge is 2.17. The van der Waals surface area contributed by atoms with Gasteiger partial charge in [-0.3, -0.25) is 9.59 Å². The first kappa shape index (κ1) is 50.6. The molecule has 0 fully saturated rings. The fraction of sp³-hybridized carbons (Fsp3) is 0.915. The number of carbonyl (C=O) groups is 2. The molecule has 0 aliphatic rings. The van der Waals surface area contributed by atoms with Gasteiger partial charge in [-0.25, -0.2) is 0 Å². The molecule has 0 aliphatic heterocycles. The Morgan fingerprint density at radius 2 is 0.750 bits per heavy atom. The SMILES string of the molecule is CCCCCC/C=C\CCCCCCCC(=O)OCC(COCCCCCCCCCCCCCC)OC(=O)CCCCCCCCCCCCC. The van der Waals surface area contributed by atoms with Gasteiger partial charge >= 0.3 is 11.9 Å². The summed E-state index contributed by atoms with van der Waals surface area (Å²) in [5.41, 5.74) is 0. The Bertz CT molecular complexity index is 750. The number of hydrogen-bond acceptors (Lipinski definition) is 5.